The number of carbonyl (C=O) groups excluding carboxylic acids is 1. The van der Waals surface area contributed by atoms with Gasteiger partial charge in [0, 0.05) is 28.1 Å². The molecule has 1 aromatic rings. The number of aryl methyl sites for hydroxylation is 1. The normalized spacial score (nSPS) is 8.77. The van der Waals surface area contributed by atoms with Crippen molar-refractivity contribution < 1.29 is 25.9 Å². The van der Waals surface area contributed by atoms with Crippen molar-refractivity contribution in [2.75, 3.05) is 7.05 Å². The van der Waals surface area contributed by atoms with Crippen LogP contribution in [0.4, 0.5) is 0 Å². The number of amides is 1. The molecule has 0 spiro atoms. The molecule has 0 unspecified atom stereocenters. The number of nitrogens with one attached hydrogen (secondary N) is 1. The SMILES string of the molecule is [CH2-]c1cc(C(=O)NC)ccc1C.[W]. The molecule has 3 heteroatoms. The molecule has 0 aliphatic carbocycles. The summed E-state index contributed by atoms with van der Waals surface area (Å²) >= 11 is 0. The number of carbonyl (C=O) groups is 1. The van der Waals surface area contributed by atoms with E-state index in [1.807, 2.05) is 13.0 Å². The van der Waals surface area contributed by atoms with Gasteiger partial charge in [-0.15, -0.1) is 6.07 Å². The molecule has 0 saturated heterocycles. The molecule has 0 aliphatic rings. The Morgan fingerprint density at radius 3 is 2.54 bits per heavy atom. The first kappa shape index (κ1) is 12.2. The summed E-state index contributed by atoms with van der Waals surface area (Å²) in [6.07, 6.45) is 0. The molecule has 0 aromatic heterocycles. The Morgan fingerprint density at radius 2 is 2.08 bits per heavy atom. The Morgan fingerprint density at radius 1 is 1.46 bits per heavy atom. The summed E-state index contributed by atoms with van der Waals surface area (Å²) in [5, 5.41) is 2.56. The summed E-state index contributed by atoms with van der Waals surface area (Å²) in [6.45, 7) is 5.79. The van der Waals surface area contributed by atoms with Crippen LogP contribution in [0, 0.1) is 13.8 Å². The maximum atomic E-state index is 11.1. The van der Waals surface area contributed by atoms with Crippen LogP contribution in [0.3, 0.4) is 0 Å². The van der Waals surface area contributed by atoms with Crippen molar-refractivity contribution in [1.29, 1.82) is 0 Å². The Hall–Kier alpha value is -0.752. The van der Waals surface area contributed by atoms with Gasteiger partial charge in [0.25, 0.3) is 0 Å². The second kappa shape index (κ2) is 5.08. The predicted octanol–water partition coefficient (Wildman–Crippen LogP) is 1.53. The Labute approximate surface area is 93.0 Å². The molecule has 2 nitrogen and oxygen atoms in total. The number of benzene rings is 1. The molecule has 0 heterocycles. The predicted molar refractivity (Wildman–Crippen MR) is 49.0 cm³/mol. The number of hydrogen-bond donors (Lipinski definition) is 1. The Balaban J connectivity index is 0.00000144. The molecule has 0 atom stereocenters. The van der Waals surface area contributed by atoms with Crippen LogP contribution in [0.15, 0.2) is 18.2 Å². The topological polar surface area (TPSA) is 29.1 Å². The summed E-state index contributed by atoms with van der Waals surface area (Å²) in [5.41, 5.74) is 2.66. The van der Waals surface area contributed by atoms with Crippen LogP contribution in [-0.4, -0.2) is 13.0 Å². The average molecular weight is 346 g/mol. The fourth-order valence-corrected chi connectivity index (χ4v) is 0.957. The van der Waals surface area contributed by atoms with E-state index in [-0.39, 0.29) is 27.0 Å². The van der Waals surface area contributed by atoms with E-state index in [2.05, 4.69) is 12.2 Å². The van der Waals surface area contributed by atoms with E-state index in [1.54, 1.807) is 19.2 Å². The fourth-order valence-electron chi connectivity index (χ4n) is 0.957. The molecule has 0 bridgehead atoms. The van der Waals surface area contributed by atoms with Gasteiger partial charge in [0.1, 0.15) is 0 Å². The summed E-state index contributed by atoms with van der Waals surface area (Å²) in [4.78, 5) is 11.1. The Bertz CT molecular complexity index is 310. The first-order chi connectivity index (χ1) is 5.65. The third-order valence-electron chi connectivity index (χ3n) is 1.84. The van der Waals surface area contributed by atoms with E-state index in [9.17, 15) is 4.79 Å². The van der Waals surface area contributed by atoms with Gasteiger partial charge in [-0.1, -0.05) is 13.0 Å². The van der Waals surface area contributed by atoms with Crippen LogP contribution in [0.25, 0.3) is 0 Å². The van der Waals surface area contributed by atoms with Crippen LogP contribution in [0.1, 0.15) is 21.5 Å². The number of hydrogen-bond acceptors (Lipinski definition) is 1. The number of rotatable bonds is 1. The smallest absolute Gasteiger partial charge is 0.238 e. The summed E-state index contributed by atoms with van der Waals surface area (Å²) in [6, 6.07) is 5.48. The van der Waals surface area contributed by atoms with Crippen molar-refractivity contribution in [2.24, 2.45) is 0 Å². The van der Waals surface area contributed by atoms with Crippen LogP contribution >= 0.6 is 0 Å². The fraction of sp³-hybridized carbons (Fsp3) is 0.200. The van der Waals surface area contributed by atoms with Gasteiger partial charge in [-0.05, 0) is 5.56 Å². The minimum absolute atomic E-state index is 0. The first-order valence-corrected chi connectivity index (χ1v) is 3.80. The maximum Gasteiger partial charge on any atom is 0.238 e. The van der Waals surface area contributed by atoms with Gasteiger partial charge in [0.15, 0.2) is 0 Å². The largest absolute Gasteiger partial charge is 0.356 e. The van der Waals surface area contributed by atoms with Gasteiger partial charge in [0.2, 0.25) is 5.91 Å². The molecule has 13 heavy (non-hydrogen) atoms. The summed E-state index contributed by atoms with van der Waals surface area (Å²) in [5.74, 6) is -0.0695. The summed E-state index contributed by atoms with van der Waals surface area (Å²) in [7, 11) is 1.62. The zero-order chi connectivity index (χ0) is 9.14. The van der Waals surface area contributed by atoms with Gasteiger partial charge in [0.05, 0.1) is 0 Å². The molecule has 0 fully saturated rings. The van der Waals surface area contributed by atoms with Crippen molar-refractivity contribution >= 4 is 5.91 Å². The van der Waals surface area contributed by atoms with Crippen molar-refractivity contribution in [1.82, 2.24) is 5.32 Å². The second-order valence-corrected chi connectivity index (χ2v) is 2.72. The Kier molecular flexibility index (Phi) is 4.79. The van der Waals surface area contributed by atoms with Crippen molar-refractivity contribution in [2.45, 2.75) is 6.92 Å². The minimum atomic E-state index is -0.0695. The first-order valence-electron chi connectivity index (χ1n) is 3.80. The van der Waals surface area contributed by atoms with E-state index in [4.69, 9.17) is 0 Å². The van der Waals surface area contributed by atoms with Gasteiger partial charge < -0.3 is 5.32 Å². The molecular weight excluding hydrogens is 334 g/mol. The minimum Gasteiger partial charge on any atom is -0.356 e. The van der Waals surface area contributed by atoms with Crippen molar-refractivity contribution in [3.8, 4) is 0 Å². The zero-order valence-corrected chi connectivity index (χ0v) is 10.7. The average Bonchev–Trinajstić information content (AvgIpc) is 2.08. The van der Waals surface area contributed by atoms with E-state index >= 15 is 0 Å². The summed E-state index contributed by atoms with van der Waals surface area (Å²) < 4.78 is 0. The molecule has 70 valence electrons. The zero-order valence-electron chi connectivity index (χ0n) is 7.76. The second-order valence-electron chi connectivity index (χ2n) is 2.72. The molecule has 1 amide bonds. The van der Waals surface area contributed by atoms with Crippen molar-refractivity contribution in [3.63, 3.8) is 0 Å². The third-order valence-corrected chi connectivity index (χ3v) is 1.84. The van der Waals surface area contributed by atoms with E-state index < -0.39 is 0 Å². The van der Waals surface area contributed by atoms with Gasteiger partial charge >= 0.3 is 0 Å². The van der Waals surface area contributed by atoms with Crippen LogP contribution in [0.2, 0.25) is 0 Å². The van der Waals surface area contributed by atoms with Crippen LogP contribution in [0.5, 0.6) is 0 Å². The standard InChI is InChI=1S/C10H12NO.W/c1-7-4-5-9(6-8(7)2)10(12)11-3;/h4-6H,2H2,1,3H3,(H,11,12);/q-1;. The van der Waals surface area contributed by atoms with Gasteiger partial charge in [-0.25, -0.2) is 0 Å². The molecule has 1 aromatic carbocycles. The van der Waals surface area contributed by atoms with Crippen LogP contribution < -0.4 is 5.32 Å². The van der Waals surface area contributed by atoms with E-state index in [0.717, 1.165) is 11.1 Å². The molecule has 1 N–H and O–H groups in total. The molecule has 0 saturated carbocycles. The quantitative estimate of drug-likeness (QED) is 0.768. The molecule has 1 rings (SSSR count). The third kappa shape index (κ3) is 2.89. The molecule has 0 radical (unpaired) electrons. The molecule has 0 aliphatic heterocycles. The molecular formula is C10H12NOW-. The monoisotopic (exact) mass is 346 g/mol. The van der Waals surface area contributed by atoms with E-state index in [0.29, 0.717) is 5.56 Å². The van der Waals surface area contributed by atoms with Crippen LogP contribution in [-0.2, 0) is 21.1 Å². The van der Waals surface area contributed by atoms with E-state index in [1.165, 1.54) is 0 Å². The van der Waals surface area contributed by atoms with Gasteiger partial charge in [-0.3, -0.25) is 4.79 Å². The van der Waals surface area contributed by atoms with Gasteiger partial charge in [-0.2, -0.15) is 24.1 Å². The maximum absolute atomic E-state index is 11.1. The van der Waals surface area contributed by atoms with Crippen molar-refractivity contribution in [3.05, 3.63) is 41.8 Å².